The number of hydrogen-bond donors (Lipinski definition) is 0. The maximum Gasteiger partial charge on any atom is 0.148 e. The summed E-state index contributed by atoms with van der Waals surface area (Å²) in [5.74, 6) is 0.558. The van der Waals surface area contributed by atoms with Crippen molar-refractivity contribution in [2.75, 3.05) is 26.3 Å². The van der Waals surface area contributed by atoms with Crippen molar-refractivity contribution in [1.82, 2.24) is 34.5 Å². The molecular weight excluding hydrogens is 456 g/mol. The van der Waals surface area contributed by atoms with Crippen molar-refractivity contribution in [1.29, 1.82) is 5.26 Å². The maximum atomic E-state index is 9.65. The van der Waals surface area contributed by atoms with Gasteiger partial charge < -0.3 is 9.47 Å². The van der Waals surface area contributed by atoms with Crippen LogP contribution < -0.4 is 4.74 Å². The van der Waals surface area contributed by atoms with E-state index in [-0.39, 0.29) is 12.1 Å². The van der Waals surface area contributed by atoms with E-state index in [1.807, 2.05) is 37.4 Å². The van der Waals surface area contributed by atoms with Gasteiger partial charge in [-0.05, 0) is 51.4 Å². The monoisotopic (exact) mass is 484 g/mol. The minimum absolute atomic E-state index is 0.277. The fraction of sp³-hybridized carbons (Fsp3) is 0.423. The summed E-state index contributed by atoms with van der Waals surface area (Å²) in [7, 11) is 0. The van der Waals surface area contributed by atoms with Gasteiger partial charge in [0.2, 0.25) is 0 Å². The molecule has 0 saturated carbocycles. The van der Waals surface area contributed by atoms with Crippen LogP contribution in [0.4, 0.5) is 0 Å². The first-order valence-corrected chi connectivity index (χ1v) is 12.4. The topological polar surface area (TPSA) is 106 Å². The van der Waals surface area contributed by atoms with E-state index in [0.29, 0.717) is 22.9 Å². The lowest BCUT2D eigenvalue weighted by Gasteiger charge is -2.42. The predicted molar refractivity (Wildman–Crippen MR) is 131 cm³/mol. The first-order chi connectivity index (χ1) is 17.6. The number of hydrogen-bond acceptors (Lipinski definition) is 8. The van der Waals surface area contributed by atoms with Crippen LogP contribution in [0.5, 0.6) is 5.75 Å². The second kappa shape index (κ2) is 9.33. The highest BCUT2D eigenvalue weighted by Gasteiger charge is 2.32. The van der Waals surface area contributed by atoms with Crippen LogP contribution in [0.25, 0.3) is 16.8 Å². The highest BCUT2D eigenvalue weighted by Crippen LogP contribution is 2.34. The maximum absolute atomic E-state index is 9.65. The van der Waals surface area contributed by atoms with Crippen LogP contribution in [-0.2, 0) is 4.74 Å². The zero-order chi connectivity index (χ0) is 24.6. The summed E-state index contributed by atoms with van der Waals surface area (Å²) in [4.78, 5) is 6.93. The Labute approximate surface area is 209 Å². The molecule has 0 N–H and O–H groups in total. The van der Waals surface area contributed by atoms with Gasteiger partial charge in [-0.3, -0.25) is 9.88 Å². The van der Waals surface area contributed by atoms with Gasteiger partial charge in [-0.1, -0.05) is 11.3 Å². The Balaban J connectivity index is 1.34. The summed E-state index contributed by atoms with van der Waals surface area (Å²) in [6.45, 7) is 7.71. The Morgan fingerprint density at radius 3 is 2.89 bits per heavy atom. The summed E-state index contributed by atoms with van der Waals surface area (Å²) in [5.41, 5.74) is 4.50. The lowest BCUT2D eigenvalue weighted by atomic mass is 10.0. The third-order valence-corrected chi connectivity index (χ3v) is 7.22. The van der Waals surface area contributed by atoms with Crippen molar-refractivity contribution < 1.29 is 9.47 Å². The molecule has 2 saturated heterocycles. The van der Waals surface area contributed by atoms with Gasteiger partial charge in [0.25, 0.3) is 0 Å². The number of nitriles is 1. The molecule has 0 unspecified atom stereocenters. The van der Waals surface area contributed by atoms with Crippen molar-refractivity contribution in [2.45, 2.75) is 44.9 Å². The summed E-state index contributed by atoms with van der Waals surface area (Å²) in [5, 5.41) is 23.2. The van der Waals surface area contributed by atoms with Crippen molar-refractivity contribution in [3.05, 3.63) is 59.8 Å². The van der Waals surface area contributed by atoms with Gasteiger partial charge in [-0.2, -0.15) is 10.4 Å². The zero-order valence-electron chi connectivity index (χ0n) is 20.4. The molecule has 4 aromatic heterocycles. The zero-order valence-corrected chi connectivity index (χ0v) is 20.4. The van der Waals surface area contributed by atoms with E-state index in [1.54, 1.807) is 16.9 Å². The molecule has 0 amide bonds. The molecule has 2 fully saturated rings. The Bertz CT molecular complexity index is 1420. The number of piperidine rings is 1. The molecule has 2 atom stereocenters. The van der Waals surface area contributed by atoms with Crippen LogP contribution in [0.1, 0.15) is 48.9 Å². The van der Waals surface area contributed by atoms with E-state index in [1.165, 1.54) is 0 Å². The van der Waals surface area contributed by atoms with Crippen LogP contribution in [-0.4, -0.2) is 66.8 Å². The summed E-state index contributed by atoms with van der Waals surface area (Å²) in [6.07, 6.45) is 7.08. The number of nitrogens with zero attached hydrogens (tertiary/aromatic N) is 8. The van der Waals surface area contributed by atoms with Gasteiger partial charge in [0.1, 0.15) is 34.7 Å². The number of likely N-dealkylation sites (tertiary alicyclic amines) is 1. The third-order valence-electron chi connectivity index (χ3n) is 7.22. The van der Waals surface area contributed by atoms with Crippen LogP contribution >= 0.6 is 0 Å². The summed E-state index contributed by atoms with van der Waals surface area (Å²) >= 11 is 0. The van der Waals surface area contributed by atoms with E-state index in [0.717, 1.165) is 61.8 Å². The van der Waals surface area contributed by atoms with E-state index in [4.69, 9.17) is 9.47 Å². The molecule has 0 radical (unpaired) electrons. The molecule has 0 bridgehead atoms. The Morgan fingerprint density at radius 2 is 2.14 bits per heavy atom. The van der Waals surface area contributed by atoms with E-state index >= 15 is 0 Å². The molecule has 2 aliphatic rings. The van der Waals surface area contributed by atoms with Crippen molar-refractivity contribution in [3.8, 4) is 23.1 Å². The van der Waals surface area contributed by atoms with E-state index < -0.39 is 0 Å². The molecule has 6 rings (SSSR count). The summed E-state index contributed by atoms with van der Waals surface area (Å²) < 4.78 is 15.5. The van der Waals surface area contributed by atoms with Gasteiger partial charge in [0.05, 0.1) is 42.9 Å². The minimum Gasteiger partial charge on any atom is -0.482 e. The molecule has 6 heterocycles. The molecule has 184 valence electrons. The summed E-state index contributed by atoms with van der Waals surface area (Å²) in [6, 6.07) is 10.7. The Morgan fingerprint density at radius 1 is 1.25 bits per heavy atom. The van der Waals surface area contributed by atoms with Crippen molar-refractivity contribution in [2.24, 2.45) is 0 Å². The molecule has 0 spiro atoms. The fourth-order valence-corrected chi connectivity index (χ4v) is 5.16. The van der Waals surface area contributed by atoms with Gasteiger partial charge in [0.15, 0.2) is 0 Å². The number of fused-ring (bicyclic) bond motifs is 1. The van der Waals surface area contributed by atoms with Gasteiger partial charge in [-0.15, -0.1) is 5.10 Å². The SMILES string of the molecule is Cc1c(-c2cc(O[C@H](C)c3ccccn3)c3c(C#N)cnn3c2)nnn1[C@@H]1CCCN(C2COC2)C1. The highest BCUT2D eigenvalue weighted by atomic mass is 16.5. The molecule has 0 aromatic carbocycles. The Kier molecular flexibility index (Phi) is 5.87. The Hall–Kier alpha value is -3.81. The predicted octanol–water partition coefficient (Wildman–Crippen LogP) is 3.34. The number of aromatic nitrogens is 6. The number of pyridine rings is 2. The van der Waals surface area contributed by atoms with Crippen LogP contribution in [0.15, 0.2) is 42.9 Å². The minimum atomic E-state index is -0.313. The standard InChI is InChI=1S/C26H28N8O2/c1-17-25(30-31-34(17)21-6-5-9-32(14-21)22-15-35-16-22)19-10-24(26-20(11-27)12-29-33(26)13-19)36-18(2)23-7-3-4-8-28-23/h3-4,7-8,10,12-13,18,21-22H,5-6,9,14-16H2,1-2H3/t18-,21-/m1/s1. The fourth-order valence-electron chi connectivity index (χ4n) is 5.16. The second-order valence-electron chi connectivity index (χ2n) is 9.52. The largest absolute Gasteiger partial charge is 0.482 e. The second-order valence-corrected chi connectivity index (χ2v) is 9.52. The molecule has 36 heavy (non-hydrogen) atoms. The van der Waals surface area contributed by atoms with E-state index in [9.17, 15) is 5.26 Å². The lowest BCUT2D eigenvalue weighted by Crippen LogP contribution is -2.52. The molecule has 0 aliphatic carbocycles. The van der Waals surface area contributed by atoms with Gasteiger partial charge in [-0.25, -0.2) is 9.20 Å². The average Bonchev–Trinajstić information content (AvgIpc) is 3.47. The van der Waals surface area contributed by atoms with Crippen LogP contribution in [0.3, 0.4) is 0 Å². The lowest BCUT2D eigenvalue weighted by molar-refractivity contribution is -0.0758. The quantitative estimate of drug-likeness (QED) is 0.410. The molecule has 4 aromatic rings. The van der Waals surface area contributed by atoms with Crippen molar-refractivity contribution in [3.63, 3.8) is 0 Å². The van der Waals surface area contributed by atoms with E-state index in [2.05, 4.69) is 43.0 Å². The highest BCUT2D eigenvalue weighted by molar-refractivity contribution is 5.74. The molecule has 2 aliphatic heterocycles. The van der Waals surface area contributed by atoms with Crippen LogP contribution in [0, 0.1) is 18.3 Å². The van der Waals surface area contributed by atoms with Crippen molar-refractivity contribution >= 4 is 5.52 Å². The van der Waals surface area contributed by atoms with Gasteiger partial charge >= 0.3 is 0 Å². The first-order valence-electron chi connectivity index (χ1n) is 12.4. The smallest absolute Gasteiger partial charge is 0.148 e. The normalized spacial score (nSPS) is 19.6. The third kappa shape index (κ3) is 4.00. The average molecular weight is 485 g/mol. The van der Waals surface area contributed by atoms with Gasteiger partial charge in [0, 0.05) is 24.5 Å². The molecule has 10 heteroatoms. The first kappa shape index (κ1) is 22.6. The number of rotatable bonds is 6. The number of ether oxygens (including phenoxy) is 2. The van der Waals surface area contributed by atoms with Crippen LogP contribution in [0.2, 0.25) is 0 Å². The molecular formula is C26H28N8O2. The molecule has 10 nitrogen and oxygen atoms in total.